The fourth-order valence-electron chi connectivity index (χ4n) is 5.46. The van der Waals surface area contributed by atoms with Crippen LogP contribution < -0.4 is 10.1 Å². The average molecular weight is 561 g/mol. The van der Waals surface area contributed by atoms with Crippen molar-refractivity contribution in [1.29, 1.82) is 0 Å². The minimum absolute atomic E-state index is 0.0232. The Bertz CT molecular complexity index is 1380. The molecule has 0 bridgehead atoms. The summed E-state index contributed by atoms with van der Waals surface area (Å²) in [6.45, 7) is 4.24. The molecule has 9 nitrogen and oxygen atoms in total. The van der Waals surface area contributed by atoms with Crippen molar-refractivity contribution in [3.8, 4) is 15.5 Å². The van der Waals surface area contributed by atoms with Gasteiger partial charge in [-0.15, -0.1) is 0 Å². The van der Waals surface area contributed by atoms with E-state index in [1.807, 2.05) is 56.3 Å². The first-order chi connectivity index (χ1) is 19.3. The first kappa shape index (κ1) is 27.5. The number of pyridine rings is 1. The molecule has 2 fully saturated rings. The summed E-state index contributed by atoms with van der Waals surface area (Å²) in [5, 5.41) is 3.16. The van der Waals surface area contributed by atoms with Crippen LogP contribution in [0.5, 0.6) is 5.06 Å². The van der Waals surface area contributed by atoms with E-state index in [-0.39, 0.29) is 42.5 Å². The highest BCUT2D eigenvalue weighted by Gasteiger charge is 2.52. The maximum absolute atomic E-state index is 13.7. The molecule has 0 saturated carbocycles. The predicted octanol–water partition coefficient (Wildman–Crippen LogP) is 3.94. The van der Waals surface area contributed by atoms with Gasteiger partial charge in [0.25, 0.3) is 0 Å². The maximum Gasteiger partial charge on any atom is 0.414 e. The van der Waals surface area contributed by atoms with Gasteiger partial charge in [0.1, 0.15) is 12.1 Å². The zero-order valence-electron chi connectivity index (χ0n) is 22.5. The number of carbonyl (C=O) groups excluding carboxylic acids is 4. The molecule has 0 spiro atoms. The summed E-state index contributed by atoms with van der Waals surface area (Å²) in [4.78, 5) is 60.8. The molecule has 2 aliphatic heterocycles. The van der Waals surface area contributed by atoms with Crippen LogP contribution in [0.4, 0.5) is 4.79 Å². The third-order valence-corrected chi connectivity index (χ3v) is 8.25. The van der Waals surface area contributed by atoms with E-state index in [1.165, 1.54) is 16.2 Å². The van der Waals surface area contributed by atoms with Crippen LogP contribution in [0.2, 0.25) is 0 Å². The Hall–Kier alpha value is -4.05. The van der Waals surface area contributed by atoms with E-state index in [0.717, 1.165) is 16.0 Å². The molecule has 40 heavy (non-hydrogen) atoms. The maximum atomic E-state index is 13.7. The Labute approximate surface area is 237 Å². The van der Waals surface area contributed by atoms with Crippen LogP contribution in [0.25, 0.3) is 10.4 Å². The van der Waals surface area contributed by atoms with Crippen molar-refractivity contribution in [2.45, 2.75) is 51.2 Å². The summed E-state index contributed by atoms with van der Waals surface area (Å²) in [7, 11) is 0. The van der Waals surface area contributed by atoms with Crippen molar-refractivity contribution in [1.82, 2.24) is 20.1 Å². The minimum Gasteiger partial charge on any atom is -0.399 e. The Morgan fingerprint density at radius 1 is 1.07 bits per heavy atom. The summed E-state index contributed by atoms with van der Waals surface area (Å²) in [5.74, 6) is -0.539. The number of ether oxygens (including phenoxy) is 1. The van der Waals surface area contributed by atoms with Gasteiger partial charge >= 0.3 is 6.09 Å². The number of ketones is 1. The molecule has 3 atom stereocenters. The van der Waals surface area contributed by atoms with Crippen molar-refractivity contribution >= 4 is 35.0 Å². The van der Waals surface area contributed by atoms with Crippen LogP contribution in [-0.2, 0) is 20.8 Å². The number of rotatable bonds is 8. The smallest absolute Gasteiger partial charge is 0.399 e. The first-order valence-electron chi connectivity index (χ1n) is 13.5. The summed E-state index contributed by atoms with van der Waals surface area (Å²) >= 11 is 1.34. The molecule has 3 aromatic rings. The van der Waals surface area contributed by atoms with Crippen LogP contribution in [0, 0.1) is 5.92 Å². The molecule has 1 aromatic carbocycles. The van der Waals surface area contributed by atoms with E-state index in [4.69, 9.17) is 4.74 Å². The lowest BCUT2D eigenvalue weighted by atomic mass is 10.0. The van der Waals surface area contributed by atoms with E-state index in [0.29, 0.717) is 24.4 Å². The molecule has 10 heteroatoms. The fraction of sp³-hybridized carbons (Fsp3) is 0.367. The Balaban J connectivity index is 1.24. The van der Waals surface area contributed by atoms with Gasteiger partial charge in [0, 0.05) is 23.8 Å². The zero-order valence-corrected chi connectivity index (χ0v) is 23.3. The first-order valence-corrected chi connectivity index (χ1v) is 14.3. The third kappa shape index (κ3) is 6.07. The summed E-state index contributed by atoms with van der Waals surface area (Å²) in [6, 6.07) is 15.1. The highest BCUT2D eigenvalue weighted by Crippen LogP contribution is 2.33. The molecule has 2 saturated heterocycles. The molecule has 0 aliphatic carbocycles. The van der Waals surface area contributed by atoms with Crippen LogP contribution in [0.15, 0.2) is 67.0 Å². The highest BCUT2D eigenvalue weighted by atomic mass is 32.1. The largest absolute Gasteiger partial charge is 0.414 e. The van der Waals surface area contributed by atoms with E-state index in [1.54, 1.807) is 29.4 Å². The molecule has 0 radical (unpaired) electrons. The Morgan fingerprint density at radius 2 is 1.88 bits per heavy atom. The van der Waals surface area contributed by atoms with Gasteiger partial charge in [-0.05, 0) is 48.1 Å². The number of fused-ring (bicyclic) bond motifs is 1. The molecule has 208 valence electrons. The van der Waals surface area contributed by atoms with Gasteiger partial charge in [0.05, 0.1) is 19.0 Å². The van der Waals surface area contributed by atoms with Gasteiger partial charge in [-0.1, -0.05) is 61.6 Å². The van der Waals surface area contributed by atoms with Gasteiger partial charge in [0.15, 0.2) is 10.8 Å². The highest BCUT2D eigenvalue weighted by molar-refractivity contribution is 7.17. The van der Waals surface area contributed by atoms with Crippen LogP contribution in [0.3, 0.4) is 0 Å². The second-order valence-electron chi connectivity index (χ2n) is 10.6. The van der Waals surface area contributed by atoms with Gasteiger partial charge in [0.2, 0.25) is 11.8 Å². The van der Waals surface area contributed by atoms with Crippen molar-refractivity contribution < 1.29 is 23.9 Å². The number of nitrogens with one attached hydrogen (secondary N) is 1. The van der Waals surface area contributed by atoms with Crippen LogP contribution in [0.1, 0.15) is 32.3 Å². The predicted molar refractivity (Wildman–Crippen MR) is 151 cm³/mol. The van der Waals surface area contributed by atoms with Gasteiger partial charge in [-0.2, -0.15) is 0 Å². The molecule has 1 N–H and O–H groups in total. The molecule has 4 heterocycles. The molecule has 2 aliphatic rings. The lowest BCUT2D eigenvalue weighted by Crippen LogP contribution is -2.53. The van der Waals surface area contributed by atoms with E-state index in [9.17, 15) is 19.2 Å². The number of hydrogen-bond acceptors (Lipinski definition) is 7. The number of hydrogen-bond donors (Lipinski definition) is 1. The number of carbonyl (C=O) groups is 4. The second kappa shape index (κ2) is 12.0. The number of aromatic nitrogens is 1. The zero-order chi connectivity index (χ0) is 28.2. The standard InChI is InChI=1S/C30H32N4O5S/c1-19(2)15-22(32-30(38)39-27-11-10-25(40-27)21-8-4-3-5-9-21)29(37)33-14-12-23-28(33)24(35)18-34(23)26(36)16-20-7-6-13-31-17-20/h3-11,13,17,19,22-23,28H,12,14-16,18H2,1-2H3,(H,32,38). The molecule has 3 amide bonds. The SMILES string of the molecule is CC(C)CC(NC(=O)Oc1ccc(-c2ccccc2)s1)C(=O)N1CCC2C1C(=O)CN2C(=O)Cc1cccnc1. The monoisotopic (exact) mass is 560 g/mol. The quantitative estimate of drug-likeness (QED) is 0.447. The van der Waals surface area contributed by atoms with Gasteiger partial charge in [-0.3, -0.25) is 19.4 Å². The average Bonchev–Trinajstić information content (AvgIpc) is 3.66. The van der Waals surface area contributed by atoms with Crippen molar-refractivity contribution in [3.63, 3.8) is 0 Å². The number of nitrogens with zero attached hydrogens (tertiary/aromatic N) is 3. The van der Waals surface area contributed by atoms with Gasteiger partial charge < -0.3 is 19.9 Å². The molecular formula is C30H32N4O5S. The number of benzene rings is 1. The van der Waals surface area contributed by atoms with Crippen LogP contribution >= 0.6 is 11.3 Å². The Kier molecular flexibility index (Phi) is 8.25. The summed E-state index contributed by atoms with van der Waals surface area (Å²) in [5.41, 5.74) is 1.80. The molecule has 5 rings (SSSR count). The Morgan fingerprint density at radius 3 is 2.60 bits per heavy atom. The number of likely N-dealkylation sites (tertiary alicyclic amines) is 2. The second-order valence-corrected chi connectivity index (χ2v) is 11.6. The van der Waals surface area contributed by atoms with Crippen molar-refractivity contribution in [3.05, 3.63) is 72.6 Å². The number of Topliss-reactive ketones (excluding diaryl/α,β-unsaturated/α-hetero) is 1. The molecule has 3 unspecified atom stereocenters. The normalized spacial score (nSPS) is 19.0. The van der Waals surface area contributed by atoms with Crippen molar-refractivity contribution in [2.24, 2.45) is 5.92 Å². The van der Waals surface area contributed by atoms with E-state index in [2.05, 4.69) is 10.3 Å². The fourth-order valence-corrected chi connectivity index (χ4v) is 6.32. The molecular weight excluding hydrogens is 528 g/mol. The minimum atomic E-state index is -0.854. The summed E-state index contributed by atoms with van der Waals surface area (Å²) < 4.78 is 5.53. The lowest BCUT2D eigenvalue weighted by molar-refractivity contribution is -0.138. The lowest BCUT2D eigenvalue weighted by Gasteiger charge is -2.28. The number of amides is 3. The van der Waals surface area contributed by atoms with E-state index >= 15 is 0 Å². The molecule has 2 aromatic heterocycles. The number of thiophene rings is 1. The summed E-state index contributed by atoms with van der Waals surface area (Å²) in [6.07, 6.45) is 3.61. The third-order valence-electron chi connectivity index (χ3n) is 7.23. The van der Waals surface area contributed by atoms with Gasteiger partial charge in [-0.25, -0.2) is 4.79 Å². The van der Waals surface area contributed by atoms with E-state index < -0.39 is 18.2 Å². The van der Waals surface area contributed by atoms with Crippen LogP contribution in [-0.4, -0.2) is 69.7 Å². The topological polar surface area (TPSA) is 109 Å². The van der Waals surface area contributed by atoms with Crippen molar-refractivity contribution in [2.75, 3.05) is 13.1 Å².